The van der Waals surface area contributed by atoms with Crippen molar-refractivity contribution < 1.29 is 23.5 Å². The zero-order valence-corrected chi connectivity index (χ0v) is 17.2. The van der Waals surface area contributed by atoms with Crippen LogP contribution in [0.25, 0.3) is 0 Å². The van der Waals surface area contributed by atoms with E-state index >= 15 is 0 Å². The summed E-state index contributed by atoms with van der Waals surface area (Å²) in [6.07, 6.45) is 2.88. The predicted octanol–water partition coefficient (Wildman–Crippen LogP) is 2.75. The number of rotatable bonds is 7. The Kier molecular flexibility index (Phi) is 6.94. The predicted molar refractivity (Wildman–Crippen MR) is 107 cm³/mol. The molecule has 0 spiro atoms. The quantitative estimate of drug-likeness (QED) is 0.622. The molecular formula is C20H20ClFN4O4. The van der Waals surface area contributed by atoms with Crippen LogP contribution in [0.3, 0.4) is 0 Å². The van der Waals surface area contributed by atoms with Gasteiger partial charge in [-0.25, -0.2) is 9.18 Å². The van der Waals surface area contributed by atoms with Crippen molar-refractivity contribution in [2.75, 3.05) is 20.4 Å². The molecule has 158 valence electrons. The van der Waals surface area contributed by atoms with E-state index in [1.807, 2.05) is 0 Å². The smallest absolute Gasteiger partial charge is 0.336 e. The van der Waals surface area contributed by atoms with Crippen molar-refractivity contribution in [1.82, 2.24) is 14.8 Å². The summed E-state index contributed by atoms with van der Waals surface area (Å²) in [4.78, 5) is 30.0. The molecule has 2 aromatic rings. The molecule has 1 aromatic carbocycles. The molecule has 30 heavy (non-hydrogen) atoms. The number of alkyl halides is 1. The van der Waals surface area contributed by atoms with Gasteiger partial charge < -0.3 is 14.0 Å². The summed E-state index contributed by atoms with van der Waals surface area (Å²) < 4.78 is 25.8. The molecular weight excluding hydrogens is 415 g/mol. The highest BCUT2D eigenvalue weighted by Gasteiger charge is 2.45. The Labute approximate surface area is 177 Å². The number of aromatic nitrogens is 3. The number of benzene rings is 1. The summed E-state index contributed by atoms with van der Waals surface area (Å²) in [6, 6.07) is 6.75. The van der Waals surface area contributed by atoms with Gasteiger partial charge in [-0.3, -0.25) is 9.79 Å². The lowest BCUT2D eigenvalue weighted by atomic mass is 9.75. The minimum atomic E-state index is -1.16. The van der Waals surface area contributed by atoms with Crippen LogP contribution in [0.2, 0.25) is 5.02 Å². The minimum Gasteiger partial charge on any atom is -0.468 e. The third-order valence-electron chi connectivity index (χ3n) is 4.72. The molecule has 0 saturated carbocycles. The van der Waals surface area contributed by atoms with Gasteiger partial charge in [0.15, 0.2) is 0 Å². The monoisotopic (exact) mass is 434 g/mol. The molecule has 1 aliphatic rings. The van der Waals surface area contributed by atoms with E-state index in [0.717, 1.165) is 0 Å². The van der Waals surface area contributed by atoms with Crippen LogP contribution in [0, 0.1) is 5.92 Å². The van der Waals surface area contributed by atoms with Gasteiger partial charge in [0.25, 0.3) is 0 Å². The maximum atomic E-state index is 14.0. The average Bonchev–Trinajstić information content (AvgIpc) is 3.26. The number of hydrogen-bond acceptors (Lipinski definition) is 7. The molecule has 1 aliphatic heterocycles. The lowest BCUT2D eigenvalue weighted by Crippen LogP contribution is -2.39. The number of allylic oxidation sites excluding steroid dienone is 1. The van der Waals surface area contributed by atoms with Gasteiger partial charge in [-0.2, -0.15) is 0 Å². The molecule has 0 N–H and O–H groups in total. The van der Waals surface area contributed by atoms with Gasteiger partial charge in [0.05, 0.1) is 37.2 Å². The number of ether oxygens (including phenoxy) is 2. The van der Waals surface area contributed by atoms with Crippen molar-refractivity contribution in [2.24, 2.45) is 10.9 Å². The third-order valence-corrected chi connectivity index (χ3v) is 5.06. The van der Waals surface area contributed by atoms with Crippen molar-refractivity contribution in [3.8, 4) is 0 Å². The minimum absolute atomic E-state index is 0.0529. The molecule has 1 aromatic heterocycles. The summed E-state index contributed by atoms with van der Waals surface area (Å²) in [5.74, 6) is -3.48. The zero-order chi connectivity index (χ0) is 21.7. The first-order valence-electron chi connectivity index (χ1n) is 9.20. The third kappa shape index (κ3) is 4.25. The van der Waals surface area contributed by atoms with Crippen LogP contribution >= 0.6 is 11.6 Å². The first-order chi connectivity index (χ1) is 14.5. The first kappa shape index (κ1) is 21.6. The second-order valence-corrected chi connectivity index (χ2v) is 6.86. The highest BCUT2D eigenvalue weighted by Crippen LogP contribution is 2.43. The molecule has 0 saturated heterocycles. The molecule has 0 bridgehead atoms. The van der Waals surface area contributed by atoms with Crippen LogP contribution in [-0.4, -0.2) is 52.8 Å². The van der Waals surface area contributed by atoms with Crippen LogP contribution < -0.4 is 0 Å². The Bertz CT molecular complexity index is 990. The number of methoxy groups -OCH3 is 1. The number of nitrogens with zero attached hydrogens (tertiary/aromatic N) is 4. The molecule has 10 heteroatoms. The van der Waals surface area contributed by atoms with Crippen LogP contribution in [0.15, 0.2) is 53.2 Å². The molecule has 3 rings (SSSR count). The highest BCUT2D eigenvalue weighted by atomic mass is 35.5. The van der Waals surface area contributed by atoms with E-state index < -0.39 is 30.4 Å². The highest BCUT2D eigenvalue weighted by molar-refractivity contribution is 6.31. The second kappa shape index (κ2) is 9.62. The van der Waals surface area contributed by atoms with Gasteiger partial charge >= 0.3 is 11.9 Å². The second-order valence-electron chi connectivity index (χ2n) is 6.45. The zero-order valence-electron chi connectivity index (χ0n) is 16.4. The van der Waals surface area contributed by atoms with Crippen molar-refractivity contribution in [2.45, 2.75) is 19.4 Å². The van der Waals surface area contributed by atoms with E-state index in [1.54, 1.807) is 35.8 Å². The Hall–Kier alpha value is -3.07. The van der Waals surface area contributed by atoms with E-state index in [2.05, 4.69) is 15.2 Å². The normalized spacial score (nSPS) is 18.7. The molecule has 0 radical (unpaired) electrons. The van der Waals surface area contributed by atoms with Crippen molar-refractivity contribution >= 4 is 29.3 Å². The number of carbonyl (C=O) groups excluding carboxylic acids is 2. The largest absolute Gasteiger partial charge is 0.468 e. The molecule has 0 amide bonds. The van der Waals surface area contributed by atoms with E-state index in [-0.39, 0.29) is 30.1 Å². The summed E-state index contributed by atoms with van der Waals surface area (Å²) in [6.45, 7) is 0.862. The van der Waals surface area contributed by atoms with Crippen LogP contribution in [0.1, 0.15) is 18.4 Å². The number of halogens is 2. The fourth-order valence-electron chi connectivity index (χ4n) is 3.47. The number of aliphatic imine (C=N–C) groups is 1. The van der Waals surface area contributed by atoms with Crippen LogP contribution in [0.4, 0.5) is 4.39 Å². The summed E-state index contributed by atoms with van der Waals surface area (Å²) in [5.41, 5.74) is 0.778. The molecule has 2 unspecified atom stereocenters. The number of carbonyl (C=O) groups is 2. The van der Waals surface area contributed by atoms with Gasteiger partial charge in [-0.05, 0) is 18.6 Å². The fraction of sp³-hybridized carbons (Fsp3) is 0.350. The Morgan fingerprint density at radius 2 is 1.93 bits per heavy atom. The fourth-order valence-corrected chi connectivity index (χ4v) is 3.72. The van der Waals surface area contributed by atoms with Crippen molar-refractivity contribution in [1.29, 1.82) is 0 Å². The number of hydrogen-bond donors (Lipinski definition) is 0. The van der Waals surface area contributed by atoms with Crippen LogP contribution in [0.5, 0.6) is 0 Å². The standard InChI is InChI=1S/C20H20ClFN4O4/c1-3-30-20(28)18-15(9-26-10-23-24-11-26)25-14(8-22)17(19(27)29-2)16(18)12-6-4-5-7-13(12)21/h4-7,10-11,16-17H,3,8-9H2,1-2H3. The van der Waals surface area contributed by atoms with E-state index in [9.17, 15) is 14.0 Å². The van der Waals surface area contributed by atoms with Gasteiger partial charge in [0, 0.05) is 10.9 Å². The molecule has 0 fully saturated rings. The molecule has 2 atom stereocenters. The summed E-state index contributed by atoms with van der Waals surface area (Å²) >= 11 is 6.41. The van der Waals surface area contributed by atoms with Crippen molar-refractivity contribution in [3.05, 3.63) is 58.8 Å². The van der Waals surface area contributed by atoms with Crippen molar-refractivity contribution in [3.63, 3.8) is 0 Å². The van der Waals surface area contributed by atoms with Crippen LogP contribution in [-0.2, 0) is 25.6 Å². The lowest BCUT2D eigenvalue weighted by Gasteiger charge is -2.32. The SMILES string of the molecule is CCOC(=O)C1=C(Cn2cnnc2)N=C(CF)C(C(=O)OC)C1c1ccccc1Cl. The maximum absolute atomic E-state index is 14.0. The molecule has 2 heterocycles. The van der Waals surface area contributed by atoms with E-state index in [4.69, 9.17) is 21.1 Å². The van der Waals surface area contributed by atoms with Gasteiger partial charge in [-0.1, -0.05) is 29.8 Å². The van der Waals surface area contributed by atoms with Gasteiger partial charge in [-0.15, -0.1) is 10.2 Å². The lowest BCUT2D eigenvalue weighted by molar-refractivity contribution is -0.144. The van der Waals surface area contributed by atoms with Gasteiger partial charge in [0.2, 0.25) is 0 Å². The van der Waals surface area contributed by atoms with E-state index in [1.165, 1.54) is 19.8 Å². The topological polar surface area (TPSA) is 95.7 Å². The summed E-state index contributed by atoms with van der Waals surface area (Å²) in [5, 5.41) is 7.80. The summed E-state index contributed by atoms with van der Waals surface area (Å²) in [7, 11) is 1.20. The Morgan fingerprint density at radius 3 is 2.53 bits per heavy atom. The maximum Gasteiger partial charge on any atom is 0.336 e. The molecule has 8 nitrogen and oxygen atoms in total. The van der Waals surface area contributed by atoms with E-state index in [0.29, 0.717) is 10.6 Å². The average molecular weight is 435 g/mol. The Balaban J connectivity index is 2.27. The number of esters is 2. The Morgan fingerprint density at radius 1 is 1.23 bits per heavy atom. The van der Waals surface area contributed by atoms with Gasteiger partial charge in [0.1, 0.15) is 25.2 Å². The molecule has 0 aliphatic carbocycles. The first-order valence-corrected chi connectivity index (χ1v) is 9.57.